The van der Waals surface area contributed by atoms with Crippen LogP contribution in [0.5, 0.6) is 0 Å². The maximum atomic E-state index is 13.4. The van der Waals surface area contributed by atoms with Gasteiger partial charge in [-0.3, -0.25) is 0 Å². The van der Waals surface area contributed by atoms with E-state index < -0.39 is 0 Å². The van der Waals surface area contributed by atoms with E-state index in [2.05, 4.69) is 19.2 Å². The fraction of sp³-hybridized carbons (Fsp3) is 0.600. The van der Waals surface area contributed by atoms with Crippen LogP contribution in [-0.4, -0.2) is 13.1 Å². The van der Waals surface area contributed by atoms with Gasteiger partial charge in [-0.25, -0.2) is 4.39 Å². The van der Waals surface area contributed by atoms with Crippen molar-refractivity contribution < 1.29 is 4.39 Å². The van der Waals surface area contributed by atoms with Crippen molar-refractivity contribution in [3.8, 4) is 0 Å². The summed E-state index contributed by atoms with van der Waals surface area (Å²) in [6, 6.07) is 5.13. The van der Waals surface area contributed by atoms with Gasteiger partial charge < -0.3 is 5.32 Å². The van der Waals surface area contributed by atoms with Crippen LogP contribution in [0.3, 0.4) is 0 Å². The van der Waals surface area contributed by atoms with Crippen LogP contribution in [0.15, 0.2) is 18.2 Å². The Labute approximate surface area is 115 Å². The largest absolute Gasteiger partial charge is 0.316 e. The predicted molar refractivity (Wildman–Crippen MR) is 76.7 cm³/mol. The standard InChI is InChI=1S/C15H23ClFN/c1-3-5-13(11-18-8-4-2)9-12-6-7-14(16)15(17)10-12/h6-7,10,13,18H,3-5,8-9,11H2,1-2H3. The van der Waals surface area contributed by atoms with Gasteiger partial charge in [-0.1, -0.05) is 37.9 Å². The highest BCUT2D eigenvalue weighted by atomic mass is 35.5. The van der Waals surface area contributed by atoms with Gasteiger partial charge in [-0.05, 0) is 56.0 Å². The van der Waals surface area contributed by atoms with Gasteiger partial charge in [0.2, 0.25) is 0 Å². The van der Waals surface area contributed by atoms with E-state index in [1.54, 1.807) is 12.1 Å². The maximum absolute atomic E-state index is 13.4. The maximum Gasteiger partial charge on any atom is 0.142 e. The molecular formula is C15H23ClFN. The number of hydrogen-bond donors (Lipinski definition) is 1. The molecule has 1 nitrogen and oxygen atoms in total. The van der Waals surface area contributed by atoms with Gasteiger partial charge in [-0.2, -0.15) is 0 Å². The Morgan fingerprint density at radius 3 is 2.67 bits per heavy atom. The summed E-state index contributed by atoms with van der Waals surface area (Å²) in [6.45, 7) is 6.41. The second-order valence-electron chi connectivity index (χ2n) is 4.81. The average Bonchev–Trinajstić information content (AvgIpc) is 2.34. The van der Waals surface area contributed by atoms with Crippen LogP contribution >= 0.6 is 11.6 Å². The van der Waals surface area contributed by atoms with E-state index in [-0.39, 0.29) is 10.8 Å². The second kappa shape index (κ2) is 8.49. The number of hydrogen-bond acceptors (Lipinski definition) is 1. The van der Waals surface area contributed by atoms with E-state index in [1.165, 1.54) is 6.42 Å². The minimum Gasteiger partial charge on any atom is -0.316 e. The van der Waals surface area contributed by atoms with Crippen molar-refractivity contribution in [2.75, 3.05) is 13.1 Å². The van der Waals surface area contributed by atoms with E-state index >= 15 is 0 Å². The molecule has 1 rings (SSSR count). The van der Waals surface area contributed by atoms with Crippen LogP contribution in [0.4, 0.5) is 4.39 Å². The summed E-state index contributed by atoms with van der Waals surface area (Å²) in [5, 5.41) is 3.65. The Morgan fingerprint density at radius 2 is 2.06 bits per heavy atom. The lowest BCUT2D eigenvalue weighted by molar-refractivity contribution is 0.438. The van der Waals surface area contributed by atoms with Gasteiger partial charge >= 0.3 is 0 Å². The lowest BCUT2D eigenvalue weighted by Crippen LogP contribution is -2.25. The molecule has 1 aromatic carbocycles. The van der Waals surface area contributed by atoms with Crippen molar-refractivity contribution in [1.29, 1.82) is 0 Å². The summed E-state index contributed by atoms with van der Waals surface area (Å²) in [7, 11) is 0. The van der Waals surface area contributed by atoms with E-state index in [9.17, 15) is 4.39 Å². The molecule has 0 fully saturated rings. The molecule has 0 saturated heterocycles. The van der Waals surface area contributed by atoms with Crippen LogP contribution in [-0.2, 0) is 6.42 Å². The summed E-state index contributed by atoms with van der Waals surface area (Å²) in [5.74, 6) is 0.257. The van der Waals surface area contributed by atoms with Gasteiger partial charge in [-0.15, -0.1) is 0 Å². The van der Waals surface area contributed by atoms with E-state index in [0.29, 0.717) is 5.92 Å². The van der Waals surface area contributed by atoms with Gasteiger partial charge in [0.05, 0.1) is 5.02 Å². The Kier molecular flexibility index (Phi) is 7.29. The first-order chi connectivity index (χ1) is 8.67. The van der Waals surface area contributed by atoms with Gasteiger partial charge in [0.15, 0.2) is 0 Å². The van der Waals surface area contributed by atoms with Crippen LogP contribution < -0.4 is 5.32 Å². The first kappa shape index (κ1) is 15.5. The van der Waals surface area contributed by atoms with Gasteiger partial charge in [0.25, 0.3) is 0 Å². The molecule has 0 radical (unpaired) electrons. The van der Waals surface area contributed by atoms with Crippen molar-refractivity contribution in [1.82, 2.24) is 5.32 Å². The third-order valence-electron chi connectivity index (χ3n) is 3.07. The molecule has 0 saturated carbocycles. The highest BCUT2D eigenvalue weighted by Crippen LogP contribution is 2.19. The summed E-state index contributed by atoms with van der Waals surface area (Å²) in [5.41, 5.74) is 1.04. The van der Waals surface area contributed by atoms with Crippen molar-refractivity contribution in [3.05, 3.63) is 34.6 Å². The molecule has 0 spiro atoms. The quantitative estimate of drug-likeness (QED) is 0.690. The van der Waals surface area contributed by atoms with Gasteiger partial charge in [0, 0.05) is 0 Å². The average molecular weight is 272 g/mol. The predicted octanol–water partition coefficient (Wildman–Crippen LogP) is 4.44. The Hall–Kier alpha value is -0.600. The summed E-state index contributed by atoms with van der Waals surface area (Å²) in [6.07, 6.45) is 4.39. The van der Waals surface area contributed by atoms with Crippen molar-refractivity contribution in [2.45, 2.75) is 39.5 Å². The Bertz CT molecular complexity index is 354. The third-order valence-corrected chi connectivity index (χ3v) is 3.37. The summed E-state index contributed by atoms with van der Waals surface area (Å²) >= 11 is 5.69. The second-order valence-corrected chi connectivity index (χ2v) is 5.22. The molecule has 0 aliphatic carbocycles. The molecule has 0 aromatic heterocycles. The van der Waals surface area contributed by atoms with E-state index in [4.69, 9.17) is 11.6 Å². The van der Waals surface area contributed by atoms with Gasteiger partial charge in [0.1, 0.15) is 5.82 Å². The molecule has 3 heteroatoms. The first-order valence-corrected chi connectivity index (χ1v) is 7.19. The molecule has 0 amide bonds. The van der Waals surface area contributed by atoms with Crippen molar-refractivity contribution >= 4 is 11.6 Å². The van der Waals surface area contributed by atoms with Crippen LogP contribution in [0, 0.1) is 11.7 Å². The highest BCUT2D eigenvalue weighted by Gasteiger charge is 2.10. The summed E-state index contributed by atoms with van der Waals surface area (Å²) < 4.78 is 13.4. The number of benzene rings is 1. The smallest absolute Gasteiger partial charge is 0.142 e. The molecule has 0 aliphatic rings. The molecule has 1 unspecified atom stereocenters. The SMILES string of the molecule is CCCNCC(CCC)Cc1ccc(Cl)c(F)c1. The Balaban J connectivity index is 2.55. The van der Waals surface area contributed by atoms with Crippen molar-refractivity contribution in [2.24, 2.45) is 5.92 Å². The lowest BCUT2D eigenvalue weighted by atomic mass is 9.95. The molecule has 0 heterocycles. The molecule has 18 heavy (non-hydrogen) atoms. The van der Waals surface area contributed by atoms with E-state index in [0.717, 1.165) is 37.9 Å². The Morgan fingerprint density at radius 1 is 1.28 bits per heavy atom. The molecule has 0 bridgehead atoms. The van der Waals surface area contributed by atoms with Crippen LogP contribution in [0.25, 0.3) is 0 Å². The van der Waals surface area contributed by atoms with Crippen LogP contribution in [0.2, 0.25) is 5.02 Å². The molecule has 1 N–H and O–H groups in total. The van der Waals surface area contributed by atoms with Crippen molar-refractivity contribution in [3.63, 3.8) is 0 Å². The molecule has 102 valence electrons. The zero-order chi connectivity index (χ0) is 13.4. The minimum atomic E-state index is -0.314. The molecule has 1 aromatic rings. The fourth-order valence-corrected chi connectivity index (χ4v) is 2.28. The monoisotopic (exact) mass is 271 g/mol. The zero-order valence-corrected chi connectivity index (χ0v) is 12.1. The zero-order valence-electron chi connectivity index (χ0n) is 11.3. The first-order valence-electron chi connectivity index (χ1n) is 6.82. The fourth-order valence-electron chi connectivity index (χ4n) is 2.17. The molecule has 0 aliphatic heterocycles. The molecule has 1 atom stereocenters. The number of nitrogens with one attached hydrogen (secondary N) is 1. The number of rotatable bonds is 8. The lowest BCUT2D eigenvalue weighted by Gasteiger charge is -2.17. The minimum absolute atomic E-state index is 0.204. The topological polar surface area (TPSA) is 12.0 Å². The summed E-state index contributed by atoms with van der Waals surface area (Å²) in [4.78, 5) is 0. The molecular weight excluding hydrogens is 249 g/mol. The highest BCUT2D eigenvalue weighted by molar-refractivity contribution is 6.30. The normalized spacial score (nSPS) is 12.7. The third kappa shape index (κ3) is 5.36. The number of halogens is 2. The van der Waals surface area contributed by atoms with Crippen LogP contribution in [0.1, 0.15) is 38.7 Å². The van der Waals surface area contributed by atoms with E-state index in [1.807, 2.05) is 6.07 Å².